The summed E-state index contributed by atoms with van der Waals surface area (Å²) in [5.74, 6) is 1.11. The highest BCUT2D eigenvalue weighted by Crippen LogP contribution is 2.44. The number of fused-ring (bicyclic) bond motifs is 1. The number of para-hydroxylation sites is 1. The zero-order chi connectivity index (χ0) is 25.2. The summed E-state index contributed by atoms with van der Waals surface area (Å²) in [6.07, 6.45) is 2.44. The van der Waals surface area contributed by atoms with Crippen molar-refractivity contribution in [2.45, 2.75) is 58.6 Å². The molecule has 1 fully saturated rings. The number of carbonyl (C=O) groups excluding carboxylic acids is 1. The van der Waals surface area contributed by atoms with Gasteiger partial charge in [0.25, 0.3) is 5.91 Å². The lowest BCUT2D eigenvalue weighted by molar-refractivity contribution is 0.0940. The molecule has 1 amide bonds. The maximum Gasteiger partial charge on any atom is 0.254 e. The number of benzene rings is 1. The lowest BCUT2D eigenvalue weighted by atomic mass is 9.72. The Bertz CT molecular complexity index is 1140. The number of carbonyl (C=O) groups is 1. The summed E-state index contributed by atoms with van der Waals surface area (Å²) in [5.41, 5.74) is 1.85. The smallest absolute Gasteiger partial charge is 0.254 e. The summed E-state index contributed by atoms with van der Waals surface area (Å²) in [7, 11) is -3.09. The van der Waals surface area contributed by atoms with E-state index < -0.39 is 15.9 Å². The molecule has 1 aromatic carbocycles. The number of aliphatic hydroxyl groups excluding tert-OH is 1. The van der Waals surface area contributed by atoms with E-state index in [2.05, 4.69) is 31.4 Å². The van der Waals surface area contributed by atoms with Gasteiger partial charge in [-0.15, -0.1) is 11.3 Å². The highest BCUT2D eigenvalue weighted by Gasteiger charge is 2.35. The lowest BCUT2D eigenvalue weighted by Gasteiger charge is -2.33. The zero-order valence-electron chi connectivity index (χ0n) is 20.7. The molecule has 1 aliphatic carbocycles. The number of rotatable bonds is 8. The predicted octanol–water partition coefficient (Wildman–Crippen LogP) is 3.67. The molecule has 3 unspecified atom stereocenters. The van der Waals surface area contributed by atoms with E-state index in [9.17, 15) is 18.3 Å². The number of thiophene rings is 1. The molecule has 3 atom stereocenters. The van der Waals surface area contributed by atoms with Crippen LogP contribution in [0.5, 0.6) is 5.75 Å². The Morgan fingerprint density at radius 3 is 2.63 bits per heavy atom. The van der Waals surface area contributed by atoms with Gasteiger partial charge in [-0.1, -0.05) is 39.0 Å². The van der Waals surface area contributed by atoms with Crippen molar-refractivity contribution in [1.29, 1.82) is 0 Å². The third-order valence-corrected chi connectivity index (χ3v) is 9.95. The number of aliphatic hydroxyl groups is 1. The van der Waals surface area contributed by atoms with Crippen LogP contribution in [0.1, 0.15) is 54.4 Å². The van der Waals surface area contributed by atoms with Crippen LogP contribution in [-0.2, 0) is 22.7 Å². The Balaban J connectivity index is 1.48. The first-order valence-electron chi connectivity index (χ1n) is 12.3. The number of anilines is 1. The predicted molar refractivity (Wildman–Crippen MR) is 140 cm³/mol. The molecule has 2 aliphatic rings. The van der Waals surface area contributed by atoms with Gasteiger partial charge in [0.1, 0.15) is 23.5 Å². The monoisotopic (exact) mass is 520 g/mol. The van der Waals surface area contributed by atoms with E-state index in [1.54, 1.807) is 11.3 Å². The Morgan fingerprint density at radius 2 is 1.97 bits per heavy atom. The van der Waals surface area contributed by atoms with Gasteiger partial charge >= 0.3 is 0 Å². The summed E-state index contributed by atoms with van der Waals surface area (Å²) in [6, 6.07) is 8.98. The third kappa shape index (κ3) is 6.57. The van der Waals surface area contributed by atoms with Crippen LogP contribution in [0.2, 0.25) is 0 Å². The molecule has 2 aromatic rings. The highest BCUT2D eigenvalue weighted by molar-refractivity contribution is 7.91. The van der Waals surface area contributed by atoms with Gasteiger partial charge in [0, 0.05) is 17.5 Å². The molecular weight excluding hydrogens is 484 g/mol. The van der Waals surface area contributed by atoms with Gasteiger partial charge in [-0.25, -0.2) is 8.42 Å². The van der Waals surface area contributed by atoms with Crippen LogP contribution in [0.4, 0.5) is 5.00 Å². The number of ether oxygens (including phenoxy) is 1. The quantitative estimate of drug-likeness (QED) is 0.491. The normalized spacial score (nSPS) is 22.3. The van der Waals surface area contributed by atoms with Crippen LogP contribution in [-0.4, -0.2) is 56.2 Å². The zero-order valence-corrected chi connectivity index (χ0v) is 22.3. The van der Waals surface area contributed by atoms with Gasteiger partial charge in [0.05, 0.1) is 17.1 Å². The minimum absolute atomic E-state index is 0.00450. The molecule has 0 radical (unpaired) electrons. The van der Waals surface area contributed by atoms with Gasteiger partial charge in [-0.2, -0.15) is 0 Å². The molecule has 4 rings (SSSR count). The van der Waals surface area contributed by atoms with E-state index in [0.717, 1.165) is 29.8 Å². The topological polar surface area (TPSA) is 105 Å². The maximum absolute atomic E-state index is 13.4. The molecule has 0 bridgehead atoms. The molecule has 7 nitrogen and oxygen atoms in total. The van der Waals surface area contributed by atoms with Gasteiger partial charge in [-0.05, 0) is 54.7 Å². The van der Waals surface area contributed by atoms with Crippen molar-refractivity contribution in [3.8, 4) is 5.75 Å². The van der Waals surface area contributed by atoms with E-state index in [-0.39, 0.29) is 42.0 Å². The summed E-state index contributed by atoms with van der Waals surface area (Å²) in [4.78, 5) is 14.6. The fourth-order valence-electron chi connectivity index (χ4n) is 4.83. The van der Waals surface area contributed by atoms with Crippen LogP contribution in [0.25, 0.3) is 0 Å². The minimum Gasteiger partial charge on any atom is -0.491 e. The lowest BCUT2D eigenvalue weighted by Crippen LogP contribution is -2.36. The van der Waals surface area contributed by atoms with Crippen molar-refractivity contribution in [1.82, 2.24) is 5.32 Å². The van der Waals surface area contributed by atoms with Crippen LogP contribution in [0.15, 0.2) is 30.3 Å². The van der Waals surface area contributed by atoms with Gasteiger partial charge in [0.2, 0.25) is 0 Å². The van der Waals surface area contributed by atoms with Crippen LogP contribution < -0.4 is 15.4 Å². The summed E-state index contributed by atoms with van der Waals surface area (Å²) < 4.78 is 29.4. The van der Waals surface area contributed by atoms with Crippen molar-refractivity contribution in [2.24, 2.45) is 11.3 Å². The fourth-order valence-corrected chi connectivity index (χ4v) is 7.84. The van der Waals surface area contributed by atoms with Crippen molar-refractivity contribution in [2.75, 3.05) is 30.0 Å². The first-order valence-corrected chi connectivity index (χ1v) is 14.9. The summed E-state index contributed by atoms with van der Waals surface area (Å²) >= 11 is 1.58. The average molecular weight is 521 g/mol. The number of amides is 1. The average Bonchev–Trinajstić information content (AvgIpc) is 3.34. The van der Waals surface area contributed by atoms with E-state index in [1.807, 2.05) is 30.3 Å². The van der Waals surface area contributed by atoms with Crippen molar-refractivity contribution in [3.05, 3.63) is 46.3 Å². The van der Waals surface area contributed by atoms with Gasteiger partial charge in [0.15, 0.2) is 9.84 Å². The molecule has 0 saturated carbocycles. The van der Waals surface area contributed by atoms with Crippen LogP contribution >= 0.6 is 11.3 Å². The largest absolute Gasteiger partial charge is 0.491 e. The van der Waals surface area contributed by atoms with Gasteiger partial charge < -0.3 is 20.5 Å². The fraction of sp³-hybridized carbons (Fsp3) is 0.577. The highest BCUT2D eigenvalue weighted by atomic mass is 32.2. The second kappa shape index (κ2) is 10.5. The molecule has 2 heterocycles. The van der Waals surface area contributed by atoms with Crippen molar-refractivity contribution >= 4 is 32.1 Å². The number of nitrogens with one attached hydrogen (secondary N) is 2. The number of hydrogen-bond acceptors (Lipinski definition) is 7. The van der Waals surface area contributed by atoms with Gasteiger partial charge in [-0.3, -0.25) is 4.79 Å². The summed E-state index contributed by atoms with van der Waals surface area (Å²) in [6.45, 7) is 7.15. The Kier molecular flexibility index (Phi) is 7.78. The first-order chi connectivity index (χ1) is 16.5. The van der Waals surface area contributed by atoms with Crippen molar-refractivity contribution in [3.63, 3.8) is 0 Å². The Morgan fingerprint density at radius 1 is 1.23 bits per heavy atom. The SMILES string of the molecule is CC(C)(C)C1CCc2c(sc(NCC(O)COc3ccccc3)c2C(=O)NC2CCS(=O)(=O)C2)C1. The van der Waals surface area contributed by atoms with Crippen LogP contribution in [0.3, 0.4) is 0 Å². The number of sulfone groups is 1. The van der Waals surface area contributed by atoms with E-state index in [0.29, 0.717) is 23.7 Å². The molecule has 192 valence electrons. The Hall–Kier alpha value is -2.10. The second-order valence-electron chi connectivity index (χ2n) is 10.7. The molecule has 1 aromatic heterocycles. The summed E-state index contributed by atoms with van der Waals surface area (Å²) in [5, 5.41) is 17.5. The minimum atomic E-state index is -3.09. The molecule has 35 heavy (non-hydrogen) atoms. The third-order valence-electron chi connectivity index (χ3n) is 6.97. The molecule has 0 spiro atoms. The van der Waals surface area contributed by atoms with E-state index in [1.165, 1.54) is 4.88 Å². The molecule has 1 aliphatic heterocycles. The molecule has 1 saturated heterocycles. The molecule has 3 N–H and O–H groups in total. The van der Waals surface area contributed by atoms with E-state index in [4.69, 9.17) is 4.74 Å². The number of hydrogen-bond donors (Lipinski definition) is 3. The van der Waals surface area contributed by atoms with Crippen molar-refractivity contribution < 1.29 is 23.1 Å². The van der Waals surface area contributed by atoms with E-state index >= 15 is 0 Å². The second-order valence-corrected chi connectivity index (χ2v) is 14.1. The Labute approximate surface area is 212 Å². The molecular formula is C26H36N2O5S2. The standard InChI is InChI=1S/C26H36N2O5S2/c1-26(2,3)17-9-10-21-22(13-17)34-25(23(21)24(30)28-18-11-12-35(31,32)16-18)27-14-19(29)15-33-20-7-5-4-6-8-20/h4-8,17-19,27,29H,9-16H2,1-3H3,(H,28,30). The molecule has 9 heteroatoms. The first kappa shape index (κ1) is 26.0. The maximum atomic E-state index is 13.4. The van der Waals surface area contributed by atoms with Crippen LogP contribution in [0, 0.1) is 11.3 Å².